The van der Waals surface area contributed by atoms with Gasteiger partial charge in [0.15, 0.2) is 0 Å². The first-order valence-electron chi connectivity index (χ1n) is 7.36. The Balaban J connectivity index is 1.91. The van der Waals surface area contributed by atoms with Gasteiger partial charge < -0.3 is 10.6 Å². The van der Waals surface area contributed by atoms with Crippen LogP contribution in [0.5, 0.6) is 0 Å². The molecule has 0 saturated heterocycles. The summed E-state index contributed by atoms with van der Waals surface area (Å²) >= 11 is 1.60. The molecular formula is C16H22N2O2S. The molecule has 21 heavy (non-hydrogen) atoms. The number of carbonyl (C=O) groups excluding carboxylic acids is 2. The Morgan fingerprint density at radius 3 is 2.67 bits per heavy atom. The quantitative estimate of drug-likeness (QED) is 0.666. The summed E-state index contributed by atoms with van der Waals surface area (Å²) in [4.78, 5) is 25.0. The number of benzene rings is 1. The topological polar surface area (TPSA) is 58.2 Å². The van der Waals surface area contributed by atoms with Gasteiger partial charge in [-0.3, -0.25) is 9.59 Å². The molecule has 114 valence electrons. The maximum absolute atomic E-state index is 12.0. The van der Waals surface area contributed by atoms with Gasteiger partial charge in [-0.1, -0.05) is 25.8 Å². The van der Waals surface area contributed by atoms with Gasteiger partial charge in [0.2, 0.25) is 0 Å². The lowest BCUT2D eigenvalue weighted by atomic mass is 9.86. The molecule has 5 heteroatoms. The van der Waals surface area contributed by atoms with E-state index in [1.54, 1.807) is 17.8 Å². The summed E-state index contributed by atoms with van der Waals surface area (Å²) in [7, 11) is 0. The minimum Gasteiger partial charge on any atom is -0.345 e. The van der Waals surface area contributed by atoms with Gasteiger partial charge in [0.25, 0.3) is 0 Å². The molecule has 0 spiro atoms. The van der Waals surface area contributed by atoms with Crippen molar-refractivity contribution in [1.82, 2.24) is 5.32 Å². The first-order valence-corrected chi connectivity index (χ1v) is 8.58. The van der Waals surface area contributed by atoms with E-state index in [-0.39, 0.29) is 6.04 Å². The fourth-order valence-electron chi connectivity index (χ4n) is 2.65. The van der Waals surface area contributed by atoms with Crippen molar-refractivity contribution < 1.29 is 9.59 Å². The molecule has 1 fully saturated rings. The standard InChI is InChI=1S/C16H22N2O2S/c1-11-6-3-4-9-14(11)18-16(20)15(19)17-12-7-5-8-13(10-12)21-2/h5,7-8,10-11,14H,3-4,6,9H2,1-2H3,(H,17,19)(H,18,20). The first-order chi connectivity index (χ1) is 10.1. The molecule has 1 aromatic rings. The largest absolute Gasteiger partial charge is 0.345 e. The average Bonchev–Trinajstić information content (AvgIpc) is 2.49. The maximum atomic E-state index is 12.0. The Bertz CT molecular complexity index is 519. The summed E-state index contributed by atoms with van der Waals surface area (Å²) in [5.41, 5.74) is 0.652. The van der Waals surface area contributed by atoms with Crippen molar-refractivity contribution in [2.75, 3.05) is 11.6 Å². The van der Waals surface area contributed by atoms with Gasteiger partial charge in [-0.05, 0) is 43.2 Å². The van der Waals surface area contributed by atoms with Gasteiger partial charge >= 0.3 is 11.8 Å². The second-order valence-corrected chi connectivity index (χ2v) is 6.41. The van der Waals surface area contributed by atoms with Crippen LogP contribution >= 0.6 is 11.8 Å². The molecule has 2 amide bonds. The highest BCUT2D eigenvalue weighted by Gasteiger charge is 2.25. The normalized spacial score (nSPS) is 21.6. The molecule has 2 atom stereocenters. The van der Waals surface area contributed by atoms with E-state index in [0.29, 0.717) is 11.6 Å². The van der Waals surface area contributed by atoms with Gasteiger partial charge in [0.05, 0.1) is 0 Å². The van der Waals surface area contributed by atoms with Crippen LogP contribution in [0.3, 0.4) is 0 Å². The fraction of sp³-hybridized carbons (Fsp3) is 0.500. The van der Waals surface area contributed by atoms with Crippen LogP contribution in [0.2, 0.25) is 0 Å². The summed E-state index contributed by atoms with van der Waals surface area (Å²) in [6.07, 6.45) is 6.37. The SMILES string of the molecule is CSc1cccc(NC(=O)C(=O)NC2CCCCC2C)c1. The van der Waals surface area contributed by atoms with E-state index in [1.165, 1.54) is 6.42 Å². The lowest BCUT2D eigenvalue weighted by molar-refractivity contribution is -0.137. The van der Waals surface area contributed by atoms with Crippen LogP contribution in [0.25, 0.3) is 0 Å². The van der Waals surface area contributed by atoms with E-state index in [1.807, 2.05) is 24.5 Å². The zero-order valence-electron chi connectivity index (χ0n) is 12.5. The Morgan fingerprint density at radius 1 is 1.19 bits per heavy atom. The van der Waals surface area contributed by atoms with Crippen LogP contribution in [0.1, 0.15) is 32.6 Å². The molecule has 1 saturated carbocycles. The Labute approximate surface area is 130 Å². The van der Waals surface area contributed by atoms with E-state index in [2.05, 4.69) is 17.6 Å². The molecule has 1 aliphatic carbocycles. The third-order valence-corrected chi connectivity index (χ3v) is 4.69. The van der Waals surface area contributed by atoms with Crippen LogP contribution < -0.4 is 10.6 Å². The average molecular weight is 306 g/mol. The van der Waals surface area contributed by atoms with Crippen LogP contribution in [0.4, 0.5) is 5.69 Å². The summed E-state index contributed by atoms with van der Waals surface area (Å²) < 4.78 is 0. The highest BCUT2D eigenvalue weighted by Crippen LogP contribution is 2.23. The van der Waals surface area contributed by atoms with Crippen LogP contribution in [-0.4, -0.2) is 24.1 Å². The molecule has 2 N–H and O–H groups in total. The number of hydrogen-bond donors (Lipinski definition) is 2. The van der Waals surface area contributed by atoms with E-state index < -0.39 is 11.8 Å². The number of thioether (sulfide) groups is 1. The molecule has 1 aliphatic rings. The third kappa shape index (κ3) is 4.49. The lowest BCUT2D eigenvalue weighted by Crippen LogP contribution is -2.45. The molecule has 2 unspecified atom stereocenters. The molecule has 0 radical (unpaired) electrons. The Morgan fingerprint density at radius 2 is 1.95 bits per heavy atom. The number of carbonyl (C=O) groups is 2. The van der Waals surface area contributed by atoms with Crippen molar-refractivity contribution in [3.05, 3.63) is 24.3 Å². The number of anilines is 1. The van der Waals surface area contributed by atoms with Gasteiger partial charge in [0.1, 0.15) is 0 Å². The fourth-order valence-corrected chi connectivity index (χ4v) is 3.11. The summed E-state index contributed by atoms with van der Waals surface area (Å²) in [6, 6.07) is 7.59. The van der Waals surface area contributed by atoms with Crippen molar-refractivity contribution in [1.29, 1.82) is 0 Å². The summed E-state index contributed by atoms with van der Waals surface area (Å²) in [5.74, 6) is -0.690. The van der Waals surface area contributed by atoms with Crippen molar-refractivity contribution >= 4 is 29.3 Å². The van der Waals surface area contributed by atoms with Crippen molar-refractivity contribution in [3.63, 3.8) is 0 Å². The number of rotatable bonds is 3. The van der Waals surface area contributed by atoms with E-state index in [4.69, 9.17) is 0 Å². The van der Waals surface area contributed by atoms with Crippen LogP contribution in [0.15, 0.2) is 29.2 Å². The molecular weight excluding hydrogens is 284 g/mol. The molecule has 0 aliphatic heterocycles. The van der Waals surface area contributed by atoms with Crippen molar-refractivity contribution in [2.45, 2.75) is 43.5 Å². The monoisotopic (exact) mass is 306 g/mol. The number of amides is 2. The molecule has 0 aromatic heterocycles. The predicted molar refractivity (Wildman–Crippen MR) is 86.4 cm³/mol. The third-order valence-electron chi connectivity index (χ3n) is 3.96. The predicted octanol–water partition coefficient (Wildman–Crippen LogP) is 3.04. The first kappa shape index (κ1) is 15.9. The van der Waals surface area contributed by atoms with E-state index in [0.717, 1.165) is 24.2 Å². The highest BCUT2D eigenvalue weighted by molar-refractivity contribution is 7.98. The Kier molecular flexibility index (Phi) is 5.67. The van der Waals surface area contributed by atoms with Gasteiger partial charge in [-0.2, -0.15) is 0 Å². The Hall–Kier alpha value is -1.49. The van der Waals surface area contributed by atoms with Crippen molar-refractivity contribution in [2.24, 2.45) is 5.92 Å². The molecule has 4 nitrogen and oxygen atoms in total. The molecule has 0 heterocycles. The molecule has 2 rings (SSSR count). The zero-order chi connectivity index (χ0) is 15.2. The van der Waals surface area contributed by atoms with Gasteiger partial charge in [0, 0.05) is 16.6 Å². The van der Waals surface area contributed by atoms with Gasteiger partial charge in [-0.25, -0.2) is 0 Å². The van der Waals surface area contributed by atoms with Crippen molar-refractivity contribution in [3.8, 4) is 0 Å². The maximum Gasteiger partial charge on any atom is 0.313 e. The highest BCUT2D eigenvalue weighted by atomic mass is 32.2. The van der Waals surface area contributed by atoms with Gasteiger partial charge in [-0.15, -0.1) is 11.8 Å². The summed E-state index contributed by atoms with van der Waals surface area (Å²) in [5, 5.41) is 5.52. The molecule has 0 bridgehead atoms. The lowest BCUT2D eigenvalue weighted by Gasteiger charge is -2.29. The number of hydrogen-bond acceptors (Lipinski definition) is 3. The number of nitrogens with one attached hydrogen (secondary N) is 2. The van der Waals surface area contributed by atoms with E-state index >= 15 is 0 Å². The van der Waals surface area contributed by atoms with Crippen LogP contribution in [-0.2, 0) is 9.59 Å². The zero-order valence-corrected chi connectivity index (χ0v) is 13.3. The van der Waals surface area contributed by atoms with E-state index in [9.17, 15) is 9.59 Å². The minimum absolute atomic E-state index is 0.120. The molecule has 1 aromatic carbocycles. The van der Waals surface area contributed by atoms with Crippen LogP contribution in [0, 0.1) is 5.92 Å². The second kappa shape index (κ2) is 7.50. The smallest absolute Gasteiger partial charge is 0.313 e. The minimum atomic E-state index is -0.592. The second-order valence-electron chi connectivity index (χ2n) is 5.53. The summed E-state index contributed by atoms with van der Waals surface area (Å²) in [6.45, 7) is 2.13.